The molecule has 0 saturated heterocycles. The molecule has 1 amide bonds. The number of hydrogen-bond acceptors (Lipinski definition) is 5. The minimum atomic E-state index is 0.00734. The van der Waals surface area contributed by atoms with E-state index in [0.29, 0.717) is 26.1 Å². The summed E-state index contributed by atoms with van der Waals surface area (Å²) in [7, 11) is 0. The molecule has 0 aliphatic carbocycles. The summed E-state index contributed by atoms with van der Waals surface area (Å²) in [6, 6.07) is 11.9. The predicted molar refractivity (Wildman–Crippen MR) is 113 cm³/mol. The average Bonchev–Trinajstić information content (AvgIpc) is 3.48. The molecule has 4 rings (SSSR count). The fourth-order valence-corrected chi connectivity index (χ4v) is 3.92. The van der Waals surface area contributed by atoms with E-state index in [4.69, 9.17) is 0 Å². The van der Waals surface area contributed by atoms with Crippen LogP contribution in [0.15, 0.2) is 60.4 Å². The van der Waals surface area contributed by atoms with Crippen molar-refractivity contribution >= 4 is 17.2 Å². The van der Waals surface area contributed by atoms with Crippen molar-refractivity contribution in [1.82, 2.24) is 29.9 Å². The van der Waals surface area contributed by atoms with Gasteiger partial charge < -0.3 is 5.32 Å². The molecule has 0 bridgehead atoms. The second-order valence-corrected chi connectivity index (χ2v) is 7.59. The number of thiophene rings is 1. The quantitative estimate of drug-likeness (QED) is 0.487. The SMILES string of the molecule is Cc1ccn(CCC(=O)NCCn2ncc(-c3ccccn3)c2-c2cccs2)n1. The minimum absolute atomic E-state index is 0.00734. The molecule has 0 atom stereocenters. The largest absolute Gasteiger partial charge is 0.354 e. The summed E-state index contributed by atoms with van der Waals surface area (Å²) in [5, 5.41) is 13.9. The second kappa shape index (κ2) is 8.83. The maximum atomic E-state index is 12.2. The van der Waals surface area contributed by atoms with Crippen LogP contribution in [-0.4, -0.2) is 37.0 Å². The third-order valence-electron chi connectivity index (χ3n) is 4.52. The van der Waals surface area contributed by atoms with E-state index in [1.165, 1.54) is 0 Å². The van der Waals surface area contributed by atoms with Crippen molar-refractivity contribution in [2.45, 2.75) is 26.4 Å². The number of nitrogens with one attached hydrogen (secondary N) is 1. The fourth-order valence-electron chi connectivity index (χ4n) is 3.13. The summed E-state index contributed by atoms with van der Waals surface area (Å²) in [6.07, 6.45) is 5.92. The molecule has 0 radical (unpaired) electrons. The van der Waals surface area contributed by atoms with Gasteiger partial charge in [-0.15, -0.1) is 11.3 Å². The lowest BCUT2D eigenvalue weighted by Crippen LogP contribution is -2.28. The summed E-state index contributed by atoms with van der Waals surface area (Å²) in [6.45, 7) is 3.61. The molecule has 1 N–H and O–H groups in total. The zero-order chi connectivity index (χ0) is 20.1. The minimum Gasteiger partial charge on any atom is -0.354 e. The Hall–Kier alpha value is -3.26. The average molecular weight is 407 g/mol. The highest BCUT2D eigenvalue weighted by molar-refractivity contribution is 7.13. The summed E-state index contributed by atoms with van der Waals surface area (Å²) in [5.74, 6) is 0.00734. The first kappa shape index (κ1) is 19.1. The van der Waals surface area contributed by atoms with E-state index in [-0.39, 0.29) is 5.91 Å². The van der Waals surface area contributed by atoms with E-state index in [1.54, 1.807) is 22.2 Å². The number of aryl methyl sites for hydroxylation is 2. The van der Waals surface area contributed by atoms with E-state index in [1.807, 2.05) is 59.7 Å². The molecule has 0 unspecified atom stereocenters. The van der Waals surface area contributed by atoms with Crippen molar-refractivity contribution in [3.05, 3.63) is 66.1 Å². The lowest BCUT2D eigenvalue weighted by Gasteiger charge is -2.10. The summed E-state index contributed by atoms with van der Waals surface area (Å²) >= 11 is 1.67. The van der Waals surface area contributed by atoms with Crippen LogP contribution >= 0.6 is 11.3 Å². The second-order valence-electron chi connectivity index (χ2n) is 6.64. The Morgan fingerprint density at radius 1 is 1.17 bits per heavy atom. The highest BCUT2D eigenvalue weighted by Gasteiger charge is 2.16. The number of rotatable bonds is 8. The lowest BCUT2D eigenvalue weighted by molar-refractivity contribution is -0.121. The van der Waals surface area contributed by atoms with Crippen LogP contribution in [0.5, 0.6) is 0 Å². The molecule has 29 heavy (non-hydrogen) atoms. The van der Waals surface area contributed by atoms with Crippen LogP contribution in [-0.2, 0) is 17.9 Å². The van der Waals surface area contributed by atoms with Crippen LogP contribution in [0, 0.1) is 6.92 Å². The fraction of sp³-hybridized carbons (Fsp3) is 0.238. The lowest BCUT2D eigenvalue weighted by atomic mass is 10.1. The third kappa shape index (κ3) is 4.60. The Morgan fingerprint density at radius 3 is 2.83 bits per heavy atom. The number of carbonyl (C=O) groups excluding carboxylic acids is 1. The first-order valence-corrected chi connectivity index (χ1v) is 10.4. The van der Waals surface area contributed by atoms with E-state index in [2.05, 4.69) is 26.6 Å². The molecular weight excluding hydrogens is 384 g/mol. The molecule has 0 spiro atoms. The summed E-state index contributed by atoms with van der Waals surface area (Å²) in [4.78, 5) is 17.8. The molecule has 0 aromatic carbocycles. The number of aromatic nitrogens is 5. The van der Waals surface area contributed by atoms with Crippen molar-refractivity contribution in [3.63, 3.8) is 0 Å². The number of amides is 1. The van der Waals surface area contributed by atoms with Gasteiger partial charge in [-0.1, -0.05) is 12.1 Å². The van der Waals surface area contributed by atoms with Gasteiger partial charge in [0.25, 0.3) is 0 Å². The van der Waals surface area contributed by atoms with Crippen molar-refractivity contribution in [2.75, 3.05) is 6.54 Å². The van der Waals surface area contributed by atoms with Gasteiger partial charge in [0.1, 0.15) is 0 Å². The molecule has 7 nitrogen and oxygen atoms in total. The van der Waals surface area contributed by atoms with E-state index in [0.717, 1.165) is 27.5 Å². The van der Waals surface area contributed by atoms with Crippen LogP contribution in [0.25, 0.3) is 21.8 Å². The normalized spacial score (nSPS) is 10.9. The van der Waals surface area contributed by atoms with Crippen molar-refractivity contribution < 1.29 is 4.79 Å². The first-order valence-electron chi connectivity index (χ1n) is 9.48. The zero-order valence-corrected chi connectivity index (χ0v) is 17.0. The first-order chi connectivity index (χ1) is 14.2. The molecular formula is C21H22N6OS. The molecule has 4 heterocycles. The molecule has 0 saturated carbocycles. The van der Waals surface area contributed by atoms with Crippen LogP contribution < -0.4 is 5.32 Å². The smallest absolute Gasteiger partial charge is 0.221 e. The van der Waals surface area contributed by atoms with Gasteiger partial charge in [0.2, 0.25) is 5.91 Å². The highest BCUT2D eigenvalue weighted by atomic mass is 32.1. The number of nitrogens with zero attached hydrogens (tertiary/aromatic N) is 5. The van der Waals surface area contributed by atoms with Gasteiger partial charge in [-0.3, -0.25) is 19.1 Å². The van der Waals surface area contributed by atoms with Crippen LogP contribution in [0.4, 0.5) is 0 Å². The highest BCUT2D eigenvalue weighted by Crippen LogP contribution is 2.33. The number of pyridine rings is 1. The monoisotopic (exact) mass is 406 g/mol. The molecule has 4 aromatic rings. The Balaban J connectivity index is 1.41. The molecule has 4 aromatic heterocycles. The van der Waals surface area contributed by atoms with E-state index < -0.39 is 0 Å². The van der Waals surface area contributed by atoms with Crippen LogP contribution in [0.1, 0.15) is 12.1 Å². The summed E-state index contributed by atoms with van der Waals surface area (Å²) in [5.41, 5.74) is 3.86. The van der Waals surface area contributed by atoms with Gasteiger partial charge in [-0.2, -0.15) is 10.2 Å². The van der Waals surface area contributed by atoms with Crippen molar-refractivity contribution in [3.8, 4) is 21.8 Å². The van der Waals surface area contributed by atoms with Gasteiger partial charge in [0, 0.05) is 37.5 Å². The van der Waals surface area contributed by atoms with Gasteiger partial charge >= 0.3 is 0 Å². The molecule has 0 fully saturated rings. The van der Waals surface area contributed by atoms with Gasteiger partial charge in [-0.25, -0.2) is 0 Å². The van der Waals surface area contributed by atoms with Gasteiger partial charge in [0.05, 0.1) is 34.7 Å². The van der Waals surface area contributed by atoms with Crippen LogP contribution in [0.2, 0.25) is 0 Å². The molecule has 0 aliphatic heterocycles. The number of hydrogen-bond donors (Lipinski definition) is 1. The maximum Gasteiger partial charge on any atom is 0.221 e. The Bertz CT molecular complexity index is 1070. The Morgan fingerprint density at radius 2 is 2.10 bits per heavy atom. The molecule has 148 valence electrons. The third-order valence-corrected chi connectivity index (χ3v) is 5.40. The van der Waals surface area contributed by atoms with Gasteiger partial charge in [-0.05, 0) is 36.6 Å². The van der Waals surface area contributed by atoms with E-state index >= 15 is 0 Å². The summed E-state index contributed by atoms with van der Waals surface area (Å²) < 4.78 is 3.73. The maximum absolute atomic E-state index is 12.2. The van der Waals surface area contributed by atoms with E-state index in [9.17, 15) is 4.79 Å². The number of carbonyl (C=O) groups is 1. The van der Waals surface area contributed by atoms with Crippen molar-refractivity contribution in [2.24, 2.45) is 0 Å². The Labute approximate surface area is 173 Å². The Kier molecular flexibility index (Phi) is 5.81. The van der Waals surface area contributed by atoms with Crippen molar-refractivity contribution in [1.29, 1.82) is 0 Å². The predicted octanol–water partition coefficient (Wildman–Crippen LogP) is 3.39. The molecule has 8 heteroatoms. The van der Waals surface area contributed by atoms with Crippen LogP contribution in [0.3, 0.4) is 0 Å². The molecule has 0 aliphatic rings. The zero-order valence-electron chi connectivity index (χ0n) is 16.2. The topological polar surface area (TPSA) is 77.6 Å². The van der Waals surface area contributed by atoms with Gasteiger partial charge in [0.15, 0.2) is 0 Å². The standard InChI is InChI=1S/C21H22N6OS/c1-16-7-11-26(25-16)12-8-20(28)23-10-13-27-21(19-6-4-14-29-19)17(15-24-27)18-5-2-3-9-22-18/h2-7,9,11,14-15H,8,10,12-13H2,1H3,(H,23,28).